The molecule has 0 atom stereocenters. The summed E-state index contributed by atoms with van der Waals surface area (Å²) in [6, 6.07) is 2.47. The first-order valence-electron chi connectivity index (χ1n) is 6.88. The quantitative estimate of drug-likeness (QED) is 0.905. The van der Waals surface area contributed by atoms with Crippen molar-refractivity contribution in [2.45, 2.75) is 38.0 Å². The standard InChI is InChI=1S/C14H17F3N2O.ClH/c15-14(16,17)12-7-10(1-4-19-12)20-11-8-13(9-11)2-5-18-6-3-13;/h1,4,7,11,18H,2-3,5-6,8-9H2;1H. The molecule has 0 aromatic carbocycles. The SMILES string of the molecule is Cl.FC(F)(F)c1cc(OC2CC3(CCNCC3)C2)ccn1. The Morgan fingerprint density at radius 3 is 2.52 bits per heavy atom. The van der Waals surface area contributed by atoms with Crippen LogP contribution >= 0.6 is 12.4 Å². The lowest BCUT2D eigenvalue weighted by Crippen LogP contribution is -2.49. The summed E-state index contributed by atoms with van der Waals surface area (Å²) in [5.74, 6) is 0.265. The van der Waals surface area contributed by atoms with Crippen LogP contribution < -0.4 is 10.1 Å². The fourth-order valence-electron chi connectivity index (χ4n) is 3.19. The van der Waals surface area contributed by atoms with Crippen molar-refractivity contribution in [3.05, 3.63) is 24.0 Å². The Morgan fingerprint density at radius 2 is 1.90 bits per heavy atom. The van der Waals surface area contributed by atoms with Gasteiger partial charge in [0.25, 0.3) is 0 Å². The second kappa shape index (κ2) is 6.01. The summed E-state index contributed by atoms with van der Waals surface area (Å²) < 4.78 is 43.3. The number of hydrogen-bond donors (Lipinski definition) is 1. The van der Waals surface area contributed by atoms with E-state index in [9.17, 15) is 13.2 Å². The number of halogens is 4. The molecule has 2 aliphatic rings. The zero-order valence-electron chi connectivity index (χ0n) is 11.4. The van der Waals surface area contributed by atoms with Crippen molar-refractivity contribution in [1.29, 1.82) is 0 Å². The minimum atomic E-state index is -4.42. The Kier molecular flexibility index (Phi) is 4.68. The van der Waals surface area contributed by atoms with E-state index in [0.717, 1.165) is 51.0 Å². The van der Waals surface area contributed by atoms with Crippen molar-refractivity contribution >= 4 is 12.4 Å². The Labute approximate surface area is 127 Å². The van der Waals surface area contributed by atoms with Crippen LogP contribution in [0.15, 0.2) is 18.3 Å². The molecule has 7 heteroatoms. The molecule has 1 saturated carbocycles. The molecule has 1 aliphatic carbocycles. The summed E-state index contributed by atoms with van der Waals surface area (Å²) in [5, 5.41) is 3.32. The number of nitrogens with zero attached hydrogens (tertiary/aromatic N) is 1. The van der Waals surface area contributed by atoms with Crippen LogP contribution in [0.5, 0.6) is 5.75 Å². The molecular formula is C14H18ClF3N2O. The Bertz CT molecular complexity index is 481. The minimum absolute atomic E-state index is 0. The summed E-state index contributed by atoms with van der Waals surface area (Å²) in [6.45, 7) is 2.06. The van der Waals surface area contributed by atoms with E-state index in [1.54, 1.807) is 0 Å². The van der Waals surface area contributed by atoms with Crippen molar-refractivity contribution < 1.29 is 17.9 Å². The highest BCUT2D eigenvalue weighted by Crippen LogP contribution is 2.49. The lowest BCUT2D eigenvalue weighted by Gasteiger charge is -2.49. The number of piperidine rings is 1. The van der Waals surface area contributed by atoms with Gasteiger partial charge in [-0.25, -0.2) is 0 Å². The molecular weight excluding hydrogens is 305 g/mol. The van der Waals surface area contributed by atoms with Crippen LogP contribution in [0.2, 0.25) is 0 Å². The van der Waals surface area contributed by atoms with Crippen LogP contribution in [0.4, 0.5) is 13.2 Å². The molecule has 1 N–H and O–H groups in total. The lowest BCUT2D eigenvalue weighted by atomic mass is 9.62. The highest BCUT2D eigenvalue weighted by atomic mass is 35.5. The smallest absolute Gasteiger partial charge is 0.433 e. The molecule has 1 aromatic rings. The Morgan fingerprint density at radius 1 is 1.24 bits per heavy atom. The molecule has 0 radical (unpaired) electrons. The van der Waals surface area contributed by atoms with Crippen molar-refractivity contribution in [1.82, 2.24) is 10.3 Å². The molecule has 1 aliphatic heterocycles. The molecule has 1 saturated heterocycles. The summed E-state index contributed by atoms with van der Waals surface area (Å²) in [6.07, 6.45) is 0.925. The second-order valence-corrected chi connectivity index (χ2v) is 5.77. The van der Waals surface area contributed by atoms with Gasteiger partial charge in [0.1, 0.15) is 11.4 Å². The van der Waals surface area contributed by atoms with E-state index in [1.165, 1.54) is 6.07 Å². The highest BCUT2D eigenvalue weighted by molar-refractivity contribution is 5.85. The zero-order valence-corrected chi connectivity index (χ0v) is 12.3. The molecule has 2 heterocycles. The third-order valence-electron chi connectivity index (χ3n) is 4.31. The molecule has 0 bridgehead atoms. The van der Waals surface area contributed by atoms with Crippen LogP contribution in [-0.2, 0) is 6.18 Å². The van der Waals surface area contributed by atoms with Gasteiger partial charge in [0.2, 0.25) is 0 Å². The maximum Gasteiger partial charge on any atom is 0.433 e. The highest BCUT2D eigenvalue weighted by Gasteiger charge is 2.46. The number of pyridine rings is 1. The number of rotatable bonds is 2. The summed E-state index contributed by atoms with van der Waals surface area (Å²) in [7, 11) is 0. The first-order chi connectivity index (χ1) is 9.47. The van der Waals surface area contributed by atoms with Gasteiger partial charge in [0.15, 0.2) is 0 Å². The summed E-state index contributed by atoms with van der Waals surface area (Å²) >= 11 is 0. The first-order valence-corrected chi connectivity index (χ1v) is 6.88. The molecule has 0 amide bonds. The fourth-order valence-corrected chi connectivity index (χ4v) is 3.19. The number of aromatic nitrogens is 1. The van der Waals surface area contributed by atoms with Gasteiger partial charge >= 0.3 is 6.18 Å². The molecule has 118 valence electrons. The number of alkyl halides is 3. The van der Waals surface area contributed by atoms with Crippen molar-refractivity contribution in [2.75, 3.05) is 13.1 Å². The molecule has 1 spiro atoms. The van der Waals surface area contributed by atoms with Crippen LogP contribution in [0.3, 0.4) is 0 Å². The number of hydrogen-bond acceptors (Lipinski definition) is 3. The fraction of sp³-hybridized carbons (Fsp3) is 0.643. The average Bonchev–Trinajstić information content (AvgIpc) is 2.37. The van der Waals surface area contributed by atoms with Crippen molar-refractivity contribution in [2.24, 2.45) is 5.41 Å². The normalized spacial score (nSPS) is 21.5. The zero-order chi connectivity index (χ0) is 14.2. The molecule has 0 unspecified atom stereocenters. The molecule has 1 aromatic heterocycles. The predicted molar refractivity (Wildman–Crippen MR) is 74.7 cm³/mol. The largest absolute Gasteiger partial charge is 0.490 e. The molecule has 2 fully saturated rings. The molecule has 3 nitrogen and oxygen atoms in total. The van der Waals surface area contributed by atoms with Crippen LogP contribution in [0, 0.1) is 5.41 Å². The van der Waals surface area contributed by atoms with Gasteiger partial charge in [-0.15, -0.1) is 12.4 Å². The van der Waals surface area contributed by atoms with Crippen LogP contribution in [-0.4, -0.2) is 24.2 Å². The molecule has 21 heavy (non-hydrogen) atoms. The topological polar surface area (TPSA) is 34.1 Å². The van der Waals surface area contributed by atoms with Crippen molar-refractivity contribution in [3.63, 3.8) is 0 Å². The Hall–Kier alpha value is -1.01. The maximum atomic E-state index is 12.6. The second-order valence-electron chi connectivity index (χ2n) is 5.77. The monoisotopic (exact) mass is 322 g/mol. The van der Waals surface area contributed by atoms with Gasteiger partial charge in [-0.3, -0.25) is 4.98 Å². The van der Waals surface area contributed by atoms with Crippen LogP contribution in [0.25, 0.3) is 0 Å². The first kappa shape index (κ1) is 16.4. The van der Waals surface area contributed by atoms with E-state index < -0.39 is 11.9 Å². The Balaban J connectivity index is 0.00000161. The molecule has 3 rings (SSSR count). The van der Waals surface area contributed by atoms with Gasteiger partial charge < -0.3 is 10.1 Å². The van der Waals surface area contributed by atoms with E-state index in [1.807, 2.05) is 0 Å². The van der Waals surface area contributed by atoms with E-state index in [-0.39, 0.29) is 24.3 Å². The number of ether oxygens (including phenoxy) is 1. The minimum Gasteiger partial charge on any atom is -0.490 e. The average molecular weight is 323 g/mol. The predicted octanol–water partition coefficient (Wildman–Crippen LogP) is 3.43. The third kappa shape index (κ3) is 3.61. The lowest BCUT2D eigenvalue weighted by molar-refractivity contribution is -0.141. The third-order valence-corrected chi connectivity index (χ3v) is 4.31. The van der Waals surface area contributed by atoms with E-state index in [4.69, 9.17) is 4.74 Å². The van der Waals surface area contributed by atoms with Crippen LogP contribution in [0.1, 0.15) is 31.4 Å². The van der Waals surface area contributed by atoms with Gasteiger partial charge in [-0.1, -0.05) is 0 Å². The van der Waals surface area contributed by atoms with E-state index in [2.05, 4.69) is 10.3 Å². The van der Waals surface area contributed by atoms with Gasteiger partial charge in [0, 0.05) is 12.3 Å². The van der Waals surface area contributed by atoms with Gasteiger partial charge in [0.05, 0.1) is 6.10 Å². The number of nitrogens with one attached hydrogen (secondary N) is 1. The van der Waals surface area contributed by atoms with Gasteiger partial charge in [-0.2, -0.15) is 13.2 Å². The van der Waals surface area contributed by atoms with E-state index >= 15 is 0 Å². The van der Waals surface area contributed by atoms with Gasteiger partial charge in [-0.05, 0) is 50.3 Å². The van der Waals surface area contributed by atoms with E-state index in [0.29, 0.717) is 5.41 Å². The summed E-state index contributed by atoms with van der Waals surface area (Å²) in [4.78, 5) is 3.33. The maximum absolute atomic E-state index is 12.6. The summed E-state index contributed by atoms with van der Waals surface area (Å²) in [5.41, 5.74) is -0.540. The van der Waals surface area contributed by atoms with Crippen molar-refractivity contribution in [3.8, 4) is 5.75 Å².